The molecule has 0 aliphatic rings. The molecule has 0 saturated heterocycles. The van der Waals surface area contributed by atoms with E-state index in [0.29, 0.717) is 0 Å². The van der Waals surface area contributed by atoms with Gasteiger partial charge in [-0.05, 0) is 32.7 Å². The Balaban J connectivity index is 4.14. The van der Waals surface area contributed by atoms with Gasteiger partial charge in [0.2, 0.25) is 0 Å². The standard InChI is InChI=1S/C7H20O2Si3/c1-7-12(6,8-10(2)3)9-11(4)5/h7,10-11H,1H2,2-6H3. The number of hydrogen-bond donors (Lipinski definition) is 0. The second kappa shape index (κ2) is 5.13. The van der Waals surface area contributed by atoms with Crippen LogP contribution in [0.3, 0.4) is 0 Å². The number of hydrogen-bond acceptors (Lipinski definition) is 2. The van der Waals surface area contributed by atoms with Crippen LogP contribution in [0.2, 0.25) is 32.7 Å². The zero-order chi connectivity index (χ0) is 9.78. The van der Waals surface area contributed by atoms with E-state index in [9.17, 15) is 0 Å². The smallest absolute Gasteiger partial charge is 0.340 e. The fourth-order valence-electron chi connectivity index (χ4n) is 1.06. The van der Waals surface area contributed by atoms with Crippen LogP contribution in [0.15, 0.2) is 12.3 Å². The van der Waals surface area contributed by atoms with Crippen molar-refractivity contribution in [1.29, 1.82) is 0 Å². The number of rotatable bonds is 5. The molecule has 0 unspecified atom stereocenters. The Labute approximate surface area is 80.3 Å². The largest absolute Gasteiger partial charge is 0.437 e. The lowest BCUT2D eigenvalue weighted by Gasteiger charge is -2.28. The highest BCUT2D eigenvalue weighted by Crippen LogP contribution is 2.11. The molecule has 12 heavy (non-hydrogen) atoms. The lowest BCUT2D eigenvalue weighted by Crippen LogP contribution is -2.43. The van der Waals surface area contributed by atoms with Gasteiger partial charge in [0.25, 0.3) is 0 Å². The summed E-state index contributed by atoms with van der Waals surface area (Å²) in [6.45, 7) is 14.5. The van der Waals surface area contributed by atoms with E-state index in [-0.39, 0.29) is 0 Å². The maximum atomic E-state index is 5.87. The lowest BCUT2D eigenvalue weighted by atomic mass is 11.3. The molecule has 0 N–H and O–H groups in total. The van der Waals surface area contributed by atoms with Gasteiger partial charge in [-0.25, -0.2) is 0 Å². The summed E-state index contributed by atoms with van der Waals surface area (Å²) >= 11 is 0. The molecule has 0 fully saturated rings. The second-order valence-corrected chi connectivity index (χ2v) is 12.1. The Bertz CT molecular complexity index is 138. The van der Waals surface area contributed by atoms with Crippen molar-refractivity contribution in [3.63, 3.8) is 0 Å². The van der Waals surface area contributed by atoms with Gasteiger partial charge >= 0.3 is 8.56 Å². The molecule has 0 spiro atoms. The Hall–Kier alpha value is 0.311. The summed E-state index contributed by atoms with van der Waals surface area (Å²) in [5.74, 6) is 0. The molecule has 0 amide bonds. The molecule has 0 aromatic carbocycles. The topological polar surface area (TPSA) is 18.5 Å². The third-order valence-corrected chi connectivity index (χ3v) is 9.57. The second-order valence-electron chi connectivity index (χ2n) is 3.55. The molecule has 0 aliphatic carbocycles. The summed E-state index contributed by atoms with van der Waals surface area (Å²) in [4.78, 5) is 0. The van der Waals surface area contributed by atoms with Crippen LogP contribution < -0.4 is 0 Å². The van der Waals surface area contributed by atoms with Crippen molar-refractivity contribution < 1.29 is 8.23 Å². The summed E-state index contributed by atoms with van der Waals surface area (Å²) in [5.41, 5.74) is 1.90. The third-order valence-electron chi connectivity index (χ3n) is 1.31. The first kappa shape index (κ1) is 12.3. The first-order chi connectivity index (χ1) is 5.39. The Morgan fingerprint density at radius 3 is 1.58 bits per heavy atom. The zero-order valence-corrected chi connectivity index (χ0v) is 12.1. The van der Waals surface area contributed by atoms with Crippen LogP contribution in [0.1, 0.15) is 0 Å². The van der Waals surface area contributed by atoms with Crippen LogP contribution in [-0.2, 0) is 8.23 Å². The molecular formula is C7H20O2Si3. The van der Waals surface area contributed by atoms with Crippen LogP contribution in [0.4, 0.5) is 0 Å². The average Bonchev–Trinajstić information content (AvgIpc) is 1.83. The van der Waals surface area contributed by atoms with E-state index in [1.807, 2.05) is 5.70 Å². The van der Waals surface area contributed by atoms with Crippen LogP contribution in [-0.4, -0.2) is 26.6 Å². The molecule has 0 atom stereocenters. The Kier molecular flexibility index (Phi) is 5.26. The minimum atomic E-state index is -1.96. The van der Waals surface area contributed by atoms with Gasteiger partial charge in [0.1, 0.15) is 0 Å². The first-order valence-corrected chi connectivity index (χ1v) is 12.3. The third kappa shape index (κ3) is 5.04. The maximum absolute atomic E-state index is 5.87. The highest BCUT2D eigenvalue weighted by Gasteiger charge is 2.29. The van der Waals surface area contributed by atoms with Crippen molar-refractivity contribution in [3.8, 4) is 0 Å². The molecule has 0 aromatic rings. The predicted octanol–water partition coefficient (Wildman–Crippen LogP) is 1.78. The SMILES string of the molecule is C=C[Si](C)(O[SiH](C)C)O[SiH](C)C. The van der Waals surface area contributed by atoms with E-state index >= 15 is 0 Å². The van der Waals surface area contributed by atoms with Crippen LogP contribution in [0.5, 0.6) is 0 Å². The summed E-state index contributed by atoms with van der Waals surface area (Å²) in [6.07, 6.45) is 0. The van der Waals surface area contributed by atoms with Crippen LogP contribution in [0.25, 0.3) is 0 Å². The molecule has 0 radical (unpaired) electrons. The van der Waals surface area contributed by atoms with Crippen LogP contribution >= 0.6 is 0 Å². The summed E-state index contributed by atoms with van der Waals surface area (Å²) in [7, 11) is -3.93. The Morgan fingerprint density at radius 2 is 1.42 bits per heavy atom. The normalized spacial score (nSPS) is 12.6. The van der Waals surface area contributed by atoms with E-state index < -0.39 is 26.6 Å². The molecule has 0 heterocycles. The fraction of sp³-hybridized carbons (Fsp3) is 0.714. The molecule has 0 aromatic heterocycles. The maximum Gasteiger partial charge on any atom is 0.340 e. The fourth-order valence-corrected chi connectivity index (χ4v) is 10.0. The van der Waals surface area contributed by atoms with Crippen LogP contribution in [0, 0.1) is 0 Å². The molecule has 5 heteroatoms. The zero-order valence-electron chi connectivity index (χ0n) is 8.76. The first-order valence-electron chi connectivity index (χ1n) is 4.39. The van der Waals surface area contributed by atoms with Crippen molar-refractivity contribution in [2.24, 2.45) is 0 Å². The van der Waals surface area contributed by atoms with E-state index in [1.54, 1.807) is 0 Å². The highest BCUT2D eigenvalue weighted by molar-refractivity contribution is 6.82. The van der Waals surface area contributed by atoms with Gasteiger partial charge in [0, 0.05) is 0 Å². The van der Waals surface area contributed by atoms with Gasteiger partial charge in [-0.3, -0.25) is 0 Å². The molecule has 0 saturated carbocycles. The monoisotopic (exact) mass is 220 g/mol. The van der Waals surface area contributed by atoms with Crippen molar-refractivity contribution >= 4 is 26.6 Å². The molecule has 72 valence electrons. The molecular weight excluding hydrogens is 200 g/mol. The van der Waals surface area contributed by atoms with E-state index in [2.05, 4.69) is 39.3 Å². The molecule has 0 bridgehead atoms. The average molecular weight is 220 g/mol. The summed E-state index contributed by atoms with van der Waals surface area (Å²) in [5, 5.41) is 0. The van der Waals surface area contributed by atoms with Gasteiger partial charge in [-0.15, -0.1) is 6.58 Å². The minimum Gasteiger partial charge on any atom is -0.437 e. The van der Waals surface area contributed by atoms with Gasteiger partial charge in [0.15, 0.2) is 18.1 Å². The Morgan fingerprint density at radius 1 is 1.08 bits per heavy atom. The predicted molar refractivity (Wildman–Crippen MR) is 61.7 cm³/mol. The van der Waals surface area contributed by atoms with Gasteiger partial charge in [-0.1, -0.05) is 5.70 Å². The van der Waals surface area contributed by atoms with Gasteiger partial charge < -0.3 is 8.23 Å². The minimum absolute atomic E-state index is 0.984. The molecule has 0 aliphatic heterocycles. The van der Waals surface area contributed by atoms with Gasteiger partial charge in [-0.2, -0.15) is 0 Å². The van der Waals surface area contributed by atoms with E-state index in [1.165, 1.54) is 0 Å². The summed E-state index contributed by atoms with van der Waals surface area (Å²) < 4.78 is 11.7. The quantitative estimate of drug-likeness (QED) is 0.658. The van der Waals surface area contributed by atoms with Crippen molar-refractivity contribution in [1.82, 2.24) is 0 Å². The summed E-state index contributed by atoms with van der Waals surface area (Å²) in [6, 6.07) is 0. The van der Waals surface area contributed by atoms with Crippen molar-refractivity contribution in [2.45, 2.75) is 32.7 Å². The lowest BCUT2D eigenvalue weighted by molar-refractivity contribution is 0.423. The van der Waals surface area contributed by atoms with E-state index in [0.717, 1.165) is 0 Å². The highest BCUT2D eigenvalue weighted by atomic mass is 28.5. The van der Waals surface area contributed by atoms with Crippen molar-refractivity contribution in [3.05, 3.63) is 12.3 Å². The molecule has 0 rings (SSSR count). The molecule has 2 nitrogen and oxygen atoms in total. The van der Waals surface area contributed by atoms with Gasteiger partial charge in [0.05, 0.1) is 0 Å². The van der Waals surface area contributed by atoms with E-state index in [4.69, 9.17) is 8.23 Å². The van der Waals surface area contributed by atoms with Crippen molar-refractivity contribution in [2.75, 3.05) is 0 Å².